The van der Waals surface area contributed by atoms with Gasteiger partial charge in [-0.3, -0.25) is 4.99 Å². The van der Waals surface area contributed by atoms with E-state index < -0.39 is 35.6 Å². The van der Waals surface area contributed by atoms with Gasteiger partial charge in [-0.1, -0.05) is 5.16 Å². The zero-order chi connectivity index (χ0) is 17.8. The Balaban J connectivity index is 2.98. The van der Waals surface area contributed by atoms with Crippen LogP contribution in [-0.2, 0) is 9.57 Å². The molecular formula is C12H16F5N3O2S. The Morgan fingerprint density at radius 1 is 1.48 bits per heavy atom. The number of nitrogens with zero attached hydrogens (tertiary/aromatic N) is 2. The van der Waals surface area contributed by atoms with Gasteiger partial charge in [0, 0.05) is 19.2 Å². The van der Waals surface area contributed by atoms with E-state index in [-0.39, 0.29) is 5.75 Å². The molecule has 0 saturated carbocycles. The molecule has 0 aromatic carbocycles. The standard InChI is InChI=1S/C12H16F5N3O2S/c1-11(2)4-7(20-22-11)23-5-6(8(18)12(15,16)17)9(19-3)21-10(13)14/h10H,4-5,18H2,1-3H3. The van der Waals surface area contributed by atoms with Crippen LogP contribution in [0.4, 0.5) is 22.0 Å². The predicted molar refractivity (Wildman–Crippen MR) is 77.4 cm³/mol. The number of rotatable bonds is 4. The topological polar surface area (TPSA) is 69.2 Å². The van der Waals surface area contributed by atoms with Gasteiger partial charge in [0.15, 0.2) is 0 Å². The van der Waals surface area contributed by atoms with Crippen LogP contribution in [0.25, 0.3) is 0 Å². The van der Waals surface area contributed by atoms with E-state index >= 15 is 0 Å². The van der Waals surface area contributed by atoms with Crippen LogP contribution >= 0.6 is 11.8 Å². The quantitative estimate of drug-likeness (QED) is 0.474. The van der Waals surface area contributed by atoms with Crippen LogP contribution in [0.15, 0.2) is 21.4 Å². The molecular weight excluding hydrogens is 345 g/mol. The van der Waals surface area contributed by atoms with E-state index in [0.29, 0.717) is 11.5 Å². The van der Waals surface area contributed by atoms with Gasteiger partial charge < -0.3 is 15.3 Å². The number of thioether (sulfide) groups is 1. The molecule has 0 radical (unpaired) electrons. The van der Waals surface area contributed by atoms with Crippen molar-refractivity contribution in [1.29, 1.82) is 0 Å². The first-order valence-corrected chi connectivity index (χ1v) is 7.30. The molecule has 1 rings (SSSR count). The number of aliphatic imine (C=N–C) groups is 1. The fraction of sp³-hybridized carbons (Fsp3) is 0.667. The zero-order valence-corrected chi connectivity index (χ0v) is 13.4. The second kappa shape index (κ2) is 7.37. The van der Waals surface area contributed by atoms with E-state index in [0.717, 1.165) is 18.8 Å². The van der Waals surface area contributed by atoms with Crippen LogP contribution in [0.3, 0.4) is 0 Å². The van der Waals surface area contributed by atoms with E-state index in [1.165, 1.54) is 0 Å². The van der Waals surface area contributed by atoms with Crippen LogP contribution in [0, 0.1) is 0 Å². The van der Waals surface area contributed by atoms with Crippen molar-refractivity contribution in [3.8, 4) is 0 Å². The molecule has 0 amide bonds. The molecule has 23 heavy (non-hydrogen) atoms. The number of halogens is 5. The van der Waals surface area contributed by atoms with Gasteiger partial charge in [0.25, 0.3) is 0 Å². The summed E-state index contributed by atoms with van der Waals surface area (Å²) >= 11 is 0.891. The number of hydrogen-bond donors (Lipinski definition) is 1. The fourth-order valence-electron chi connectivity index (χ4n) is 1.61. The molecule has 1 aliphatic heterocycles. The molecule has 2 N–H and O–H groups in total. The van der Waals surface area contributed by atoms with Crippen molar-refractivity contribution in [3.05, 3.63) is 11.3 Å². The average Bonchev–Trinajstić information content (AvgIpc) is 2.75. The second-order valence-electron chi connectivity index (χ2n) is 5.10. The molecule has 0 fully saturated rings. The number of oxime groups is 1. The molecule has 0 aromatic heterocycles. The molecule has 0 saturated heterocycles. The van der Waals surface area contributed by atoms with Gasteiger partial charge in [-0.15, -0.1) is 11.8 Å². The fourth-order valence-corrected chi connectivity index (χ4v) is 2.73. The first kappa shape index (κ1) is 19.5. The highest BCUT2D eigenvalue weighted by Crippen LogP contribution is 2.31. The highest BCUT2D eigenvalue weighted by atomic mass is 32.2. The Bertz CT molecular complexity index is 529. The Hall–Kier alpha value is -1.52. The molecule has 0 aromatic rings. The van der Waals surface area contributed by atoms with E-state index in [4.69, 9.17) is 10.6 Å². The van der Waals surface area contributed by atoms with E-state index in [2.05, 4.69) is 14.9 Å². The van der Waals surface area contributed by atoms with Gasteiger partial charge in [0.2, 0.25) is 5.90 Å². The summed E-state index contributed by atoms with van der Waals surface area (Å²) in [4.78, 5) is 8.41. The number of allylic oxidation sites excluding steroid dienone is 1. The third-order valence-corrected chi connectivity index (χ3v) is 3.63. The third-order valence-electron chi connectivity index (χ3n) is 2.65. The predicted octanol–water partition coefficient (Wildman–Crippen LogP) is 3.27. The van der Waals surface area contributed by atoms with Crippen molar-refractivity contribution in [1.82, 2.24) is 0 Å². The molecule has 0 atom stereocenters. The third kappa shape index (κ3) is 5.88. The normalized spacial score (nSPS) is 19.3. The minimum absolute atomic E-state index is 0.380. The number of ether oxygens (including phenoxy) is 1. The molecule has 1 heterocycles. The van der Waals surface area contributed by atoms with Gasteiger partial charge in [-0.25, -0.2) is 0 Å². The maximum absolute atomic E-state index is 12.8. The Morgan fingerprint density at radius 3 is 2.48 bits per heavy atom. The van der Waals surface area contributed by atoms with Crippen LogP contribution in [0.2, 0.25) is 0 Å². The average molecular weight is 361 g/mol. The molecule has 132 valence electrons. The summed E-state index contributed by atoms with van der Waals surface area (Å²) in [6.45, 7) is 0.189. The number of alkyl halides is 5. The first-order valence-electron chi connectivity index (χ1n) is 6.32. The maximum atomic E-state index is 12.8. The molecule has 1 aliphatic rings. The van der Waals surface area contributed by atoms with Crippen LogP contribution < -0.4 is 5.73 Å². The SMILES string of the molecule is CN=C(OC(F)F)C(CSC1=NOC(C)(C)C1)=C(N)C(F)(F)F. The van der Waals surface area contributed by atoms with Crippen molar-refractivity contribution in [3.63, 3.8) is 0 Å². The highest BCUT2D eigenvalue weighted by molar-refractivity contribution is 8.14. The molecule has 0 aliphatic carbocycles. The van der Waals surface area contributed by atoms with Gasteiger partial charge in [0.05, 0.1) is 5.57 Å². The molecule has 0 unspecified atom stereocenters. The van der Waals surface area contributed by atoms with E-state index in [1.807, 2.05) is 0 Å². The highest BCUT2D eigenvalue weighted by Gasteiger charge is 2.37. The Labute approximate surface area is 133 Å². The lowest BCUT2D eigenvalue weighted by atomic mass is 10.1. The lowest BCUT2D eigenvalue weighted by Gasteiger charge is -2.16. The van der Waals surface area contributed by atoms with Gasteiger partial charge in [0.1, 0.15) is 16.3 Å². The number of nitrogens with two attached hydrogens (primary N) is 1. The summed E-state index contributed by atoms with van der Waals surface area (Å²) in [5.74, 6) is -1.25. The molecule has 0 bridgehead atoms. The van der Waals surface area contributed by atoms with Crippen molar-refractivity contribution < 1.29 is 31.5 Å². The van der Waals surface area contributed by atoms with Gasteiger partial charge >= 0.3 is 12.8 Å². The monoisotopic (exact) mass is 361 g/mol. The molecule has 0 spiro atoms. The van der Waals surface area contributed by atoms with Crippen molar-refractivity contribution in [2.24, 2.45) is 15.9 Å². The van der Waals surface area contributed by atoms with E-state index in [9.17, 15) is 22.0 Å². The Kier molecular flexibility index (Phi) is 6.25. The molecule has 11 heteroatoms. The van der Waals surface area contributed by atoms with E-state index in [1.54, 1.807) is 13.8 Å². The van der Waals surface area contributed by atoms with Gasteiger partial charge in [-0.05, 0) is 13.8 Å². The first-order chi connectivity index (χ1) is 10.5. The summed E-state index contributed by atoms with van der Waals surface area (Å²) in [6.07, 6.45) is -4.52. The van der Waals surface area contributed by atoms with Crippen LogP contribution in [0.1, 0.15) is 20.3 Å². The van der Waals surface area contributed by atoms with Crippen LogP contribution in [0.5, 0.6) is 0 Å². The largest absolute Gasteiger partial charge is 0.431 e. The second-order valence-corrected chi connectivity index (χ2v) is 6.15. The summed E-state index contributed by atoms with van der Waals surface area (Å²) < 4.78 is 67.1. The van der Waals surface area contributed by atoms with Crippen molar-refractivity contribution in [2.75, 3.05) is 12.8 Å². The summed E-state index contributed by atoms with van der Waals surface area (Å²) in [5, 5.41) is 4.16. The summed E-state index contributed by atoms with van der Waals surface area (Å²) in [5.41, 5.74) is 2.28. The lowest BCUT2D eigenvalue weighted by Crippen LogP contribution is -2.27. The lowest BCUT2D eigenvalue weighted by molar-refractivity contribution is -0.0941. The van der Waals surface area contributed by atoms with Gasteiger partial charge in [-0.2, -0.15) is 22.0 Å². The summed E-state index contributed by atoms with van der Waals surface area (Å²) in [6, 6.07) is 0. The zero-order valence-electron chi connectivity index (χ0n) is 12.6. The summed E-state index contributed by atoms with van der Waals surface area (Å²) in [7, 11) is 1.03. The van der Waals surface area contributed by atoms with Crippen molar-refractivity contribution in [2.45, 2.75) is 38.7 Å². The minimum Gasteiger partial charge on any atom is -0.417 e. The molecule has 5 nitrogen and oxygen atoms in total. The van der Waals surface area contributed by atoms with Crippen LogP contribution in [-0.4, -0.2) is 42.1 Å². The smallest absolute Gasteiger partial charge is 0.417 e. The minimum atomic E-state index is -4.90. The Morgan fingerprint density at radius 2 is 2.09 bits per heavy atom. The number of hydrogen-bond acceptors (Lipinski definition) is 6. The maximum Gasteiger partial charge on any atom is 0.431 e. The van der Waals surface area contributed by atoms with Crippen molar-refractivity contribution >= 4 is 22.7 Å².